The molecule has 1 saturated heterocycles. The van der Waals surface area contributed by atoms with Gasteiger partial charge in [-0.2, -0.15) is 4.98 Å². The van der Waals surface area contributed by atoms with Crippen LogP contribution in [0.2, 0.25) is 0 Å². The van der Waals surface area contributed by atoms with Crippen LogP contribution in [0.3, 0.4) is 0 Å². The highest BCUT2D eigenvalue weighted by atomic mass is 16.5. The van der Waals surface area contributed by atoms with Gasteiger partial charge in [-0.25, -0.2) is 0 Å². The molecule has 0 aromatic carbocycles. The molecule has 0 spiro atoms. The van der Waals surface area contributed by atoms with Crippen LogP contribution in [0.1, 0.15) is 10.4 Å². The number of aliphatic hydroxyl groups is 3. The van der Waals surface area contributed by atoms with Gasteiger partial charge in [0, 0.05) is 7.05 Å². The van der Waals surface area contributed by atoms with Gasteiger partial charge in [0.2, 0.25) is 0 Å². The van der Waals surface area contributed by atoms with Crippen LogP contribution in [-0.2, 0) is 11.8 Å². The molecule has 1 aromatic heterocycles. The predicted octanol–water partition coefficient (Wildman–Crippen LogP) is -2.55. The molecule has 0 unspecified atom stereocenters. The van der Waals surface area contributed by atoms with Crippen molar-refractivity contribution in [1.82, 2.24) is 9.55 Å². The van der Waals surface area contributed by atoms with E-state index < -0.39 is 30.1 Å². The molecule has 2 rings (SSSR count). The molecule has 1 aromatic rings. The molecule has 1 aliphatic rings. The second-order valence-corrected chi connectivity index (χ2v) is 4.79. The summed E-state index contributed by atoms with van der Waals surface area (Å²) in [6, 6.07) is -0.0519. The van der Waals surface area contributed by atoms with Gasteiger partial charge in [-0.05, 0) is 0 Å². The number of hydrogen-bond acceptors (Lipinski definition) is 9. The normalized spacial score (nSPS) is 28.2. The number of methoxy groups -OCH3 is 1. The number of hydrogen-bond donors (Lipinski definition) is 4. The number of carbonyl (C=O) groups excluding carboxylic acids is 1. The Bertz CT molecular complexity index is 617. The van der Waals surface area contributed by atoms with E-state index in [1.54, 1.807) is 0 Å². The lowest BCUT2D eigenvalue weighted by Gasteiger charge is -2.35. The molecule has 0 radical (unpaired) electrons. The van der Waals surface area contributed by atoms with Gasteiger partial charge in [-0.1, -0.05) is 0 Å². The van der Waals surface area contributed by atoms with Gasteiger partial charge < -0.3 is 30.1 Å². The van der Waals surface area contributed by atoms with Gasteiger partial charge >= 0.3 is 6.01 Å². The van der Waals surface area contributed by atoms with Gasteiger partial charge in [0.15, 0.2) is 12.5 Å². The number of anilines is 1. The fourth-order valence-electron chi connectivity index (χ4n) is 2.07. The summed E-state index contributed by atoms with van der Waals surface area (Å²) in [6.07, 6.45) is -4.97. The minimum absolute atomic E-state index is 0.0519. The first-order valence-corrected chi connectivity index (χ1v) is 6.43. The summed E-state index contributed by atoms with van der Waals surface area (Å²) in [5.74, 6) is -0.150. The second kappa shape index (κ2) is 6.40. The summed E-state index contributed by atoms with van der Waals surface area (Å²) < 4.78 is 11.1. The molecule has 1 fully saturated rings. The van der Waals surface area contributed by atoms with E-state index in [9.17, 15) is 24.9 Å². The first kappa shape index (κ1) is 16.4. The highest BCUT2D eigenvalue weighted by molar-refractivity contribution is 5.82. The molecule has 10 nitrogen and oxygen atoms in total. The molecule has 122 valence electrons. The fourth-order valence-corrected chi connectivity index (χ4v) is 2.07. The molecule has 0 bridgehead atoms. The van der Waals surface area contributed by atoms with Crippen molar-refractivity contribution < 1.29 is 29.6 Å². The van der Waals surface area contributed by atoms with Crippen molar-refractivity contribution in [3.8, 4) is 6.01 Å². The number of nitrogens with zero attached hydrogens (tertiary/aromatic N) is 2. The van der Waals surface area contributed by atoms with E-state index in [2.05, 4.69) is 10.3 Å². The van der Waals surface area contributed by atoms with Gasteiger partial charge in [0.05, 0.1) is 13.7 Å². The Labute approximate surface area is 124 Å². The quantitative estimate of drug-likeness (QED) is 0.441. The predicted molar refractivity (Wildman–Crippen MR) is 72.8 cm³/mol. The minimum atomic E-state index is -1.47. The molecule has 4 atom stereocenters. The van der Waals surface area contributed by atoms with E-state index in [-0.39, 0.29) is 24.0 Å². The third-order valence-electron chi connectivity index (χ3n) is 3.36. The lowest BCUT2D eigenvalue weighted by Crippen LogP contribution is -2.55. The summed E-state index contributed by atoms with van der Waals surface area (Å²) in [6.45, 7) is -0.228. The Kier molecular flexibility index (Phi) is 4.76. The monoisotopic (exact) mass is 315 g/mol. The number of carbonyl (C=O) groups is 1. The number of nitrogens with one attached hydrogen (secondary N) is 1. The number of aliphatic hydroxyl groups excluding tert-OH is 3. The zero-order chi connectivity index (χ0) is 16.4. The summed E-state index contributed by atoms with van der Waals surface area (Å²) in [5.41, 5.74) is -0.921. The van der Waals surface area contributed by atoms with Crippen molar-refractivity contribution in [3.05, 3.63) is 15.9 Å². The van der Waals surface area contributed by atoms with Gasteiger partial charge in [0.25, 0.3) is 5.56 Å². The van der Waals surface area contributed by atoms with Crippen LogP contribution < -0.4 is 15.6 Å². The number of rotatable bonds is 4. The van der Waals surface area contributed by atoms with Crippen LogP contribution in [0.25, 0.3) is 0 Å². The van der Waals surface area contributed by atoms with Crippen LogP contribution in [0, 0.1) is 0 Å². The molecule has 0 saturated carbocycles. The van der Waals surface area contributed by atoms with Gasteiger partial charge in [0.1, 0.15) is 29.7 Å². The van der Waals surface area contributed by atoms with E-state index in [1.165, 1.54) is 14.2 Å². The van der Waals surface area contributed by atoms with Crippen molar-refractivity contribution in [2.24, 2.45) is 7.05 Å². The maximum Gasteiger partial charge on any atom is 0.300 e. The lowest BCUT2D eigenvalue weighted by atomic mass is 10.0. The molecular formula is C12H17N3O7. The van der Waals surface area contributed by atoms with Crippen molar-refractivity contribution in [1.29, 1.82) is 0 Å². The van der Waals surface area contributed by atoms with E-state index in [0.29, 0.717) is 6.29 Å². The second-order valence-electron chi connectivity index (χ2n) is 4.79. The van der Waals surface area contributed by atoms with E-state index in [1.807, 2.05) is 0 Å². The molecule has 2 heterocycles. The van der Waals surface area contributed by atoms with Crippen LogP contribution >= 0.6 is 0 Å². The minimum Gasteiger partial charge on any atom is -0.468 e. The Morgan fingerprint density at radius 1 is 1.41 bits per heavy atom. The molecule has 0 aliphatic carbocycles. The highest BCUT2D eigenvalue weighted by Crippen LogP contribution is 2.19. The average molecular weight is 315 g/mol. The van der Waals surface area contributed by atoms with Crippen LogP contribution in [-0.4, -0.2) is 69.4 Å². The molecule has 4 N–H and O–H groups in total. The summed E-state index contributed by atoms with van der Waals surface area (Å²) in [5, 5.41) is 31.4. The zero-order valence-electron chi connectivity index (χ0n) is 12.0. The smallest absolute Gasteiger partial charge is 0.300 e. The molecular weight excluding hydrogens is 298 g/mol. The molecule has 10 heteroatoms. The third-order valence-corrected chi connectivity index (χ3v) is 3.36. The summed E-state index contributed by atoms with van der Waals surface area (Å²) >= 11 is 0. The summed E-state index contributed by atoms with van der Waals surface area (Å²) in [4.78, 5) is 27.1. The largest absolute Gasteiger partial charge is 0.468 e. The van der Waals surface area contributed by atoms with Crippen LogP contribution in [0.15, 0.2) is 4.79 Å². The summed E-state index contributed by atoms with van der Waals surface area (Å²) in [7, 11) is 2.69. The van der Waals surface area contributed by atoms with E-state index >= 15 is 0 Å². The van der Waals surface area contributed by atoms with Crippen LogP contribution in [0.4, 0.5) is 5.82 Å². The third kappa shape index (κ3) is 2.81. The Morgan fingerprint density at radius 2 is 2.09 bits per heavy atom. The van der Waals surface area contributed by atoms with Crippen molar-refractivity contribution in [2.45, 2.75) is 24.5 Å². The Hall–Kier alpha value is -2.01. The lowest BCUT2D eigenvalue weighted by molar-refractivity contribution is -0.178. The molecule has 1 aliphatic heterocycles. The van der Waals surface area contributed by atoms with E-state index in [0.717, 1.165) is 4.57 Å². The number of aromatic nitrogens is 2. The molecule has 0 amide bonds. The topological polar surface area (TPSA) is 143 Å². The van der Waals surface area contributed by atoms with Crippen LogP contribution in [0.5, 0.6) is 6.01 Å². The zero-order valence-corrected chi connectivity index (χ0v) is 12.0. The van der Waals surface area contributed by atoms with Crippen molar-refractivity contribution in [2.75, 3.05) is 19.0 Å². The SMILES string of the molecule is COc1nc(N[C@@H]2OC[C@@H](O)[C@@H](O)[C@@H]2O)c(C=O)c(=O)n1C. The van der Waals surface area contributed by atoms with Gasteiger partial charge in [-0.3, -0.25) is 14.2 Å². The first-order valence-electron chi connectivity index (χ1n) is 6.43. The Morgan fingerprint density at radius 3 is 2.68 bits per heavy atom. The maximum absolute atomic E-state index is 12.0. The van der Waals surface area contributed by atoms with Crippen molar-refractivity contribution >= 4 is 12.1 Å². The first-order chi connectivity index (χ1) is 10.4. The van der Waals surface area contributed by atoms with Crippen molar-refractivity contribution in [3.63, 3.8) is 0 Å². The fraction of sp³-hybridized carbons (Fsp3) is 0.583. The maximum atomic E-state index is 12.0. The Balaban J connectivity index is 2.35. The highest BCUT2D eigenvalue weighted by Gasteiger charge is 2.38. The molecule has 22 heavy (non-hydrogen) atoms. The number of ether oxygens (including phenoxy) is 2. The standard InChI is InChI=1S/C12H17N3O7/c1-15-11(20)5(3-16)9(14-12(15)21-2)13-10-8(19)7(18)6(17)4-22-10/h3,6-8,10,13,17-19H,4H2,1-2H3/t6-,7-,8+,10-/m1/s1. The van der Waals surface area contributed by atoms with E-state index in [4.69, 9.17) is 9.47 Å². The van der Waals surface area contributed by atoms with Gasteiger partial charge in [-0.15, -0.1) is 0 Å². The number of aldehydes is 1. The average Bonchev–Trinajstić information content (AvgIpc) is 2.51.